The maximum atomic E-state index is 11.8. The van der Waals surface area contributed by atoms with Crippen molar-refractivity contribution in [2.24, 2.45) is 0 Å². The second-order valence-corrected chi connectivity index (χ2v) is 4.63. The van der Waals surface area contributed by atoms with Crippen LogP contribution in [0.5, 0.6) is 0 Å². The van der Waals surface area contributed by atoms with Crippen molar-refractivity contribution in [1.82, 2.24) is 25.4 Å². The number of carbonyl (C=O) groups excluding carboxylic acids is 1. The number of hydrogen-bond acceptors (Lipinski definition) is 5. The number of aromatic amines is 1. The highest BCUT2D eigenvalue weighted by Crippen LogP contribution is 2.11. The minimum atomic E-state index is -0.229. The molecule has 1 fully saturated rings. The molecular weight excluding hydrogens is 232 g/mol. The van der Waals surface area contributed by atoms with Gasteiger partial charge in [0, 0.05) is 19.1 Å². The molecule has 7 nitrogen and oxygen atoms in total. The first-order valence-corrected chi connectivity index (χ1v) is 6.40. The SMILES string of the molecule is CCCN1CCC(NC(=O)c2nc(N)n[nH]2)CC1. The standard InChI is InChI=1S/C11H20N6O/c1-2-5-17-6-3-8(4-7-17)13-10(18)9-14-11(12)16-15-9/h8H,2-7H2,1H3,(H,13,18)(H3,12,14,15,16). The molecule has 0 spiro atoms. The van der Waals surface area contributed by atoms with Crippen LogP contribution in [0.4, 0.5) is 5.95 Å². The minimum Gasteiger partial charge on any atom is -0.366 e. The molecule has 1 saturated heterocycles. The average Bonchev–Trinajstić information content (AvgIpc) is 2.79. The van der Waals surface area contributed by atoms with Crippen LogP contribution < -0.4 is 11.1 Å². The number of nitrogens with two attached hydrogens (primary N) is 1. The molecule has 4 N–H and O–H groups in total. The van der Waals surface area contributed by atoms with Crippen LogP contribution in [0.1, 0.15) is 36.8 Å². The van der Waals surface area contributed by atoms with Crippen LogP contribution in [0.2, 0.25) is 0 Å². The van der Waals surface area contributed by atoms with Crippen LogP contribution in [0.3, 0.4) is 0 Å². The second-order valence-electron chi connectivity index (χ2n) is 4.63. The molecule has 0 aliphatic carbocycles. The molecule has 1 aliphatic rings. The fourth-order valence-electron chi connectivity index (χ4n) is 2.25. The lowest BCUT2D eigenvalue weighted by molar-refractivity contribution is 0.0901. The Morgan fingerprint density at radius 2 is 2.28 bits per heavy atom. The summed E-state index contributed by atoms with van der Waals surface area (Å²) in [5.41, 5.74) is 5.36. The number of nitrogens with zero attached hydrogens (tertiary/aromatic N) is 3. The highest BCUT2D eigenvalue weighted by molar-refractivity contribution is 5.90. The molecule has 1 amide bonds. The summed E-state index contributed by atoms with van der Waals surface area (Å²) in [5, 5.41) is 9.11. The van der Waals surface area contributed by atoms with E-state index >= 15 is 0 Å². The Labute approximate surface area is 106 Å². The van der Waals surface area contributed by atoms with Crippen molar-refractivity contribution in [2.75, 3.05) is 25.4 Å². The van der Waals surface area contributed by atoms with E-state index in [9.17, 15) is 4.79 Å². The number of nitrogen functional groups attached to an aromatic ring is 1. The van der Waals surface area contributed by atoms with E-state index in [2.05, 4.69) is 32.3 Å². The molecule has 0 bridgehead atoms. The fourth-order valence-corrected chi connectivity index (χ4v) is 2.25. The summed E-state index contributed by atoms with van der Waals surface area (Å²) in [5.74, 6) is 0.0505. The van der Waals surface area contributed by atoms with E-state index in [0.29, 0.717) is 0 Å². The van der Waals surface area contributed by atoms with E-state index in [0.717, 1.165) is 32.5 Å². The average molecular weight is 252 g/mol. The van der Waals surface area contributed by atoms with Gasteiger partial charge < -0.3 is 16.0 Å². The predicted molar refractivity (Wildman–Crippen MR) is 68.0 cm³/mol. The number of aromatic nitrogens is 3. The number of carbonyl (C=O) groups is 1. The molecular formula is C11H20N6O. The van der Waals surface area contributed by atoms with Crippen molar-refractivity contribution >= 4 is 11.9 Å². The maximum absolute atomic E-state index is 11.8. The van der Waals surface area contributed by atoms with Gasteiger partial charge in [0.1, 0.15) is 0 Å². The lowest BCUT2D eigenvalue weighted by Gasteiger charge is -2.31. The number of H-pyrrole nitrogens is 1. The molecule has 1 aliphatic heterocycles. The largest absolute Gasteiger partial charge is 0.366 e. The second kappa shape index (κ2) is 5.81. The molecule has 0 atom stereocenters. The molecule has 0 unspecified atom stereocenters. The maximum Gasteiger partial charge on any atom is 0.288 e. The number of piperidine rings is 1. The van der Waals surface area contributed by atoms with Crippen LogP contribution in [0.15, 0.2) is 0 Å². The van der Waals surface area contributed by atoms with E-state index in [4.69, 9.17) is 5.73 Å². The first-order chi connectivity index (χ1) is 8.69. The van der Waals surface area contributed by atoms with Gasteiger partial charge in [0.05, 0.1) is 0 Å². The van der Waals surface area contributed by atoms with Crippen molar-refractivity contribution in [3.05, 3.63) is 5.82 Å². The molecule has 0 saturated carbocycles. The molecule has 0 radical (unpaired) electrons. The van der Waals surface area contributed by atoms with Crippen LogP contribution in [0, 0.1) is 0 Å². The fraction of sp³-hybridized carbons (Fsp3) is 0.727. The smallest absolute Gasteiger partial charge is 0.288 e. The molecule has 2 rings (SSSR count). The molecule has 2 heterocycles. The predicted octanol–water partition coefficient (Wildman–Crippen LogP) is -0.00890. The molecule has 0 aromatic carbocycles. The zero-order valence-electron chi connectivity index (χ0n) is 10.6. The summed E-state index contributed by atoms with van der Waals surface area (Å²) >= 11 is 0. The third kappa shape index (κ3) is 3.19. The number of hydrogen-bond donors (Lipinski definition) is 3. The topological polar surface area (TPSA) is 99.9 Å². The normalized spacial score (nSPS) is 17.8. The Hall–Kier alpha value is -1.63. The van der Waals surface area contributed by atoms with Crippen molar-refractivity contribution in [3.8, 4) is 0 Å². The van der Waals surface area contributed by atoms with E-state index < -0.39 is 0 Å². The van der Waals surface area contributed by atoms with E-state index in [1.807, 2.05) is 0 Å². The van der Waals surface area contributed by atoms with Gasteiger partial charge in [-0.05, 0) is 25.8 Å². The van der Waals surface area contributed by atoms with E-state index in [1.165, 1.54) is 6.42 Å². The zero-order valence-corrected chi connectivity index (χ0v) is 10.6. The van der Waals surface area contributed by atoms with E-state index in [1.54, 1.807) is 0 Å². The number of amides is 1. The van der Waals surface area contributed by atoms with Gasteiger partial charge >= 0.3 is 0 Å². The number of anilines is 1. The van der Waals surface area contributed by atoms with Gasteiger partial charge in [0.15, 0.2) is 0 Å². The van der Waals surface area contributed by atoms with Crippen LogP contribution in [-0.2, 0) is 0 Å². The van der Waals surface area contributed by atoms with Gasteiger partial charge in [-0.15, -0.1) is 5.10 Å². The first kappa shape index (κ1) is 12.8. The Balaban J connectivity index is 1.79. The van der Waals surface area contributed by atoms with Crippen molar-refractivity contribution in [2.45, 2.75) is 32.2 Å². The zero-order chi connectivity index (χ0) is 13.0. The van der Waals surface area contributed by atoms with Crippen LogP contribution >= 0.6 is 0 Å². The van der Waals surface area contributed by atoms with Crippen molar-refractivity contribution < 1.29 is 4.79 Å². The monoisotopic (exact) mass is 252 g/mol. The quantitative estimate of drug-likeness (QED) is 0.700. The summed E-state index contributed by atoms with van der Waals surface area (Å²) in [7, 11) is 0. The third-order valence-electron chi connectivity index (χ3n) is 3.18. The molecule has 1 aromatic heterocycles. The summed E-state index contributed by atoms with van der Waals surface area (Å²) in [4.78, 5) is 18.1. The Morgan fingerprint density at radius 1 is 1.56 bits per heavy atom. The summed E-state index contributed by atoms with van der Waals surface area (Å²) in [6.45, 7) is 5.40. The number of nitrogens with one attached hydrogen (secondary N) is 2. The highest BCUT2D eigenvalue weighted by Gasteiger charge is 2.21. The number of rotatable bonds is 4. The minimum absolute atomic E-state index is 0.0953. The summed E-state index contributed by atoms with van der Waals surface area (Å²) < 4.78 is 0. The van der Waals surface area contributed by atoms with Gasteiger partial charge in [-0.3, -0.25) is 9.89 Å². The van der Waals surface area contributed by atoms with Crippen molar-refractivity contribution in [1.29, 1.82) is 0 Å². The van der Waals surface area contributed by atoms with Gasteiger partial charge in [-0.25, -0.2) is 0 Å². The van der Waals surface area contributed by atoms with Gasteiger partial charge in [0.25, 0.3) is 5.91 Å². The Bertz CT molecular complexity index is 396. The highest BCUT2D eigenvalue weighted by atomic mass is 16.2. The van der Waals surface area contributed by atoms with Gasteiger partial charge in [0.2, 0.25) is 11.8 Å². The van der Waals surface area contributed by atoms with E-state index in [-0.39, 0.29) is 23.7 Å². The van der Waals surface area contributed by atoms with Gasteiger partial charge in [-0.1, -0.05) is 6.92 Å². The lowest BCUT2D eigenvalue weighted by Crippen LogP contribution is -2.45. The number of likely N-dealkylation sites (tertiary alicyclic amines) is 1. The van der Waals surface area contributed by atoms with Gasteiger partial charge in [-0.2, -0.15) is 4.98 Å². The van der Waals surface area contributed by atoms with Crippen LogP contribution in [0.25, 0.3) is 0 Å². The Morgan fingerprint density at radius 3 is 2.83 bits per heavy atom. The van der Waals surface area contributed by atoms with Crippen LogP contribution in [-0.4, -0.2) is 51.7 Å². The molecule has 7 heteroatoms. The molecule has 100 valence electrons. The molecule has 18 heavy (non-hydrogen) atoms. The third-order valence-corrected chi connectivity index (χ3v) is 3.18. The summed E-state index contributed by atoms with van der Waals surface area (Å²) in [6, 6.07) is 0.219. The first-order valence-electron chi connectivity index (χ1n) is 6.40. The summed E-state index contributed by atoms with van der Waals surface area (Å²) in [6.07, 6.45) is 3.14. The lowest BCUT2D eigenvalue weighted by atomic mass is 10.0. The Kier molecular flexibility index (Phi) is 4.14. The molecule has 1 aromatic rings. The van der Waals surface area contributed by atoms with Crippen molar-refractivity contribution in [3.63, 3.8) is 0 Å².